The molecule has 7 heteroatoms. The summed E-state index contributed by atoms with van der Waals surface area (Å²) in [7, 11) is 4.64. The molecule has 0 aliphatic rings. The number of hydrogen-bond acceptors (Lipinski definition) is 5. The molecular formula is C21H24N2O5. The maximum Gasteiger partial charge on any atom is 0.251 e. The average molecular weight is 384 g/mol. The largest absolute Gasteiger partial charge is 0.497 e. The third-order valence-corrected chi connectivity index (χ3v) is 3.90. The topological polar surface area (TPSA) is 85.9 Å². The number of benzene rings is 2. The lowest BCUT2D eigenvalue weighted by Crippen LogP contribution is -2.34. The van der Waals surface area contributed by atoms with Gasteiger partial charge in [-0.1, -0.05) is 12.1 Å². The van der Waals surface area contributed by atoms with E-state index in [0.717, 1.165) is 11.3 Å². The van der Waals surface area contributed by atoms with E-state index < -0.39 is 0 Å². The summed E-state index contributed by atoms with van der Waals surface area (Å²) in [6.07, 6.45) is 3.15. The first-order valence-electron chi connectivity index (χ1n) is 8.67. The highest BCUT2D eigenvalue weighted by molar-refractivity contribution is 5.95. The van der Waals surface area contributed by atoms with Gasteiger partial charge in [-0.05, 0) is 42.0 Å². The Kier molecular flexibility index (Phi) is 7.90. The first kappa shape index (κ1) is 20.8. The zero-order chi connectivity index (χ0) is 20.4. The molecule has 0 aliphatic carbocycles. The van der Waals surface area contributed by atoms with Crippen molar-refractivity contribution in [1.29, 1.82) is 0 Å². The molecule has 0 bridgehead atoms. The molecule has 2 aromatic carbocycles. The van der Waals surface area contributed by atoms with Gasteiger partial charge in [0.15, 0.2) is 11.5 Å². The number of nitrogens with one attached hydrogen (secondary N) is 2. The van der Waals surface area contributed by atoms with Crippen LogP contribution < -0.4 is 24.8 Å². The third kappa shape index (κ3) is 6.05. The summed E-state index contributed by atoms with van der Waals surface area (Å²) in [4.78, 5) is 24.0. The van der Waals surface area contributed by atoms with Crippen LogP contribution in [0.25, 0.3) is 6.08 Å². The molecule has 2 aromatic rings. The molecule has 0 spiro atoms. The number of amides is 2. The SMILES string of the molecule is COc1ccc(/C=C/C(=O)NCCNC(=O)c2ccc(OC)c(OC)c2)cc1. The lowest BCUT2D eigenvalue weighted by atomic mass is 10.2. The van der Waals surface area contributed by atoms with E-state index in [0.29, 0.717) is 30.2 Å². The molecule has 148 valence electrons. The molecule has 2 N–H and O–H groups in total. The fraction of sp³-hybridized carbons (Fsp3) is 0.238. The Morgan fingerprint density at radius 1 is 0.857 bits per heavy atom. The number of ether oxygens (including phenoxy) is 3. The van der Waals surface area contributed by atoms with Gasteiger partial charge in [0.25, 0.3) is 5.91 Å². The Bertz CT molecular complexity index is 831. The van der Waals surface area contributed by atoms with Gasteiger partial charge in [-0.25, -0.2) is 0 Å². The number of methoxy groups -OCH3 is 3. The van der Waals surface area contributed by atoms with Gasteiger partial charge in [-0.2, -0.15) is 0 Å². The van der Waals surface area contributed by atoms with Crippen molar-refractivity contribution in [2.75, 3.05) is 34.4 Å². The van der Waals surface area contributed by atoms with Gasteiger partial charge in [0, 0.05) is 24.7 Å². The summed E-state index contributed by atoms with van der Waals surface area (Å²) in [5, 5.41) is 5.45. The highest BCUT2D eigenvalue weighted by atomic mass is 16.5. The fourth-order valence-electron chi connectivity index (χ4n) is 2.39. The van der Waals surface area contributed by atoms with Crippen molar-refractivity contribution in [2.24, 2.45) is 0 Å². The predicted molar refractivity (Wildman–Crippen MR) is 107 cm³/mol. The maximum absolute atomic E-state index is 12.2. The lowest BCUT2D eigenvalue weighted by molar-refractivity contribution is -0.116. The van der Waals surface area contributed by atoms with Gasteiger partial charge in [0.05, 0.1) is 21.3 Å². The molecule has 0 radical (unpaired) electrons. The van der Waals surface area contributed by atoms with E-state index in [4.69, 9.17) is 14.2 Å². The van der Waals surface area contributed by atoms with Crippen molar-refractivity contribution in [3.63, 3.8) is 0 Å². The summed E-state index contributed by atoms with van der Waals surface area (Å²) in [5.41, 5.74) is 1.33. The van der Waals surface area contributed by atoms with Crippen molar-refractivity contribution >= 4 is 17.9 Å². The summed E-state index contributed by atoms with van der Waals surface area (Å²) in [6, 6.07) is 12.3. The molecule has 0 heterocycles. The molecule has 2 rings (SSSR count). The second kappa shape index (κ2) is 10.6. The van der Waals surface area contributed by atoms with Crippen LogP contribution in [0.4, 0.5) is 0 Å². The van der Waals surface area contributed by atoms with Crippen molar-refractivity contribution in [3.8, 4) is 17.2 Å². The van der Waals surface area contributed by atoms with E-state index in [1.54, 1.807) is 31.4 Å². The quantitative estimate of drug-likeness (QED) is 0.512. The molecule has 0 saturated heterocycles. The highest BCUT2D eigenvalue weighted by Crippen LogP contribution is 2.27. The smallest absolute Gasteiger partial charge is 0.251 e. The molecule has 0 aromatic heterocycles. The van der Waals surface area contributed by atoms with E-state index in [9.17, 15) is 9.59 Å². The van der Waals surface area contributed by atoms with Gasteiger partial charge in [0.2, 0.25) is 5.91 Å². The average Bonchev–Trinajstić information content (AvgIpc) is 2.74. The molecule has 0 aliphatic heterocycles. The van der Waals surface area contributed by atoms with Crippen molar-refractivity contribution in [2.45, 2.75) is 0 Å². The Morgan fingerprint density at radius 3 is 2.18 bits per heavy atom. The van der Waals surface area contributed by atoms with Crippen LogP contribution in [0.2, 0.25) is 0 Å². The second-order valence-electron chi connectivity index (χ2n) is 5.72. The van der Waals surface area contributed by atoms with Crippen molar-refractivity contribution in [3.05, 3.63) is 59.7 Å². The normalized spacial score (nSPS) is 10.4. The molecule has 0 saturated carbocycles. The summed E-state index contributed by atoms with van der Waals surface area (Å²) in [5.74, 6) is 1.29. The first-order chi connectivity index (χ1) is 13.6. The second-order valence-corrected chi connectivity index (χ2v) is 5.72. The molecule has 0 fully saturated rings. The molecular weight excluding hydrogens is 360 g/mol. The van der Waals surface area contributed by atoms with E-state index in [1.807, 2.05) is 24.3 Å². The van der Waals surface area contributed by atoms with Crippen LogP contribution in [0.3, 0.4) is 0 Å². The number of rotatable bonds is 9. The Balaban J connectivity index is 1.76. The maximum atomic E-state index is 12.2. The predicted octanol–water partition coefficient (Wildman–Crippen LogP) is 2.27. The van der Waals surface area contributed by atoms with Gasteiger partial charge in [-0.3, -0.25) is 9.59 Å². The van der Waals surface area contributed by atoms with Crippen LogP contribution in [0.15, 0.2) is 48.5 Å². The van der Waals surface area contributed by atoms with Crippen molar-refractivity contribution in [1.82, 2.24) is 10.6 Å². The minimum Gasteiger partial charge on any atom is -0.497 e. The minimum absolute atomic E-state index is 0.240. The summed E-state index contributed by atoms with van der Waals surface area (Å²) < 4.78 is 15.4. The minimum atomic E-state index is -0.260. The van der Waals surface area contributed by atoms with Gasteiger partial charge >= 0.3 is 0 Å². The Labute approximate surface area is 164 Å². The molecule has 0 atom stereocenters. The molecule has 2 amide bonds. The lowest BCUT2D eigenvalue weighted by Gasteiger charge is -2.10. The number of carbonyl (C=O) groups is 2. The van der Waals surface area contributed by atoms with Crippen LogP contribution in [-0.4, -0.2) is 46.2 Å². The zero-order valence-corrected chi connectivity index (χ0v) is 16.2. The van der Waals surface area contributed by atoms with Crippen LogP contribution >= 0.6 is 0 Å². The Hall–Kier alpha value is -3.48. The summed E-state index contributed by atoms with van der Waals surface area (Å²) in [6.45, 7) is 0.611. The number of carbonyl (C=O) groups excluding carboxylic acids is 2. The van der Waals surface area contributed by atoms with E-state index in [-0.39, 0.29) is 11.8 Å². The van der Waals surface area contributed by atoms with E-state index >= 15 is 0 Å². The third-order valence-electron chi connectivity index (χ3n) is 3.90. The molecule has 7 nitrogen and oxygen atoms in total. The standard InChI is InChI=1S/C21H24N2O5/c1-26-17-8-4-15(5-9-17)6-11-20(24)22-12-13-23-21(25)16-7-10-18(27-2)19(14-16)28-3/h4-11,14H,12-13H2,1-3H3,(H,22,24)(H,23,25)/b11-6+. The van der Waals surface area contributed by atoms with Gasteiger partial charge in [-0.15, -0.1) is 0 Å². The van der Waals surface area contributed by atoms with E-state index in [1.165, 1.54) is 20.3 Å². The Morgan fingerprint density at radius 2 is 1.54 bits per heavy atom. The van der Waals surface area contributed by atoms with Crippen LogP contribution in [0, 0.1) is 0 Å². The molecule has 0 unspecified atom stereocenters. The van der Waals surface area contributed by atoms with Gasteiger partial charge in [0.1, 0.15) is 5.75 Å². The van der Waals surface area contributed by atoms with Crippen LogP contribution in [0.5, 0.6) is 17.2 Å². The van der Waals surface area contributed by atoms with Crippen LogP contribution in [0.1, 0.15) is 15.9 Å². The fourth-order valence-corrected chi connectivity index (χ4v) is 2.39. The highest BCUT2D eigenvalue weighted by Gasteiger charge is 2.10. The number of hydrogen-bond donors (Lipinski definition) is 2. The zero-order valence-electron chi connectivity index (χ0n) is 16.2. The molecule has 28 heavy (non-hydrogen) atoms. The monoisotopic (exact) mass is 384 g/mol. The first-order valence-corrected chi connectivity index (χ1v) is 8.67. The van der Waals surface area contributed by atoms with Crippen molar-refractivity contribution < 1.29 is 23.8 Å². The summed E-state index contributed by atoms with van der Waals surface area (Å²) >= 11 is 0. The van der Waals surface area contributed by atoms with E-state index in [2.05, 4.69) is 10.6 Å². The van der Waals surface area contributed by atoms with Crippen LogP contribution in [-0.2, 0) is 4.79 Å². The van der Waals surface area contributed by atoms with Gasteiger partial charge < -0.3 is 24.8 Å².